The van der Waals surface area contributed by atoms with Gasteiger partial charge in [0, 0.05) is 12.1 Å². The maximum absolute atomic E-state index is 13.4. The normalized spacial score (nSPS) is 25.7. The minimum atomic E-state index is -4.05. The van der Waals surface area contributed by atoms with Crippen LogP contribution in [0.2, 0.25) is 0 Å². The van der Waals surface area contributed by atoms with Crippen LogP contribution in [0.5, 0.6) is 0 Å². The number of hydrogen-bond acceptors (Lipinski definition) is 6. The molecule has 11 heteroatoms. The van der Waals surface area contributed by atoms with Crippen molar-refractivity contribution in [3.8, 4) is 0 Å². The third-order valence-corrected chi connectivity index (χ3v) is 10.4. The number of carbonyl (C=O) groups excluding carboxylic acids is 1. The van der Waals surface area contributed by atoms with Crippen molar-refractivity contribution in [2.24, 2.45) is 5.92 Å². The fourth-order valence-corrected chi connectivity index (χ4v) is 7.74. The van der Waals surface area contributed by atoms with Crippen molar-refractivity contribution in [2.75, 3.05) is 5.32 Å². The molecule has 1 aromatic heterocycles. The predicted molar refractivity (Wildman–Crippen MR) is 126 cm³/mol. The number of aliphatic carboxylic acids is 1. The van der Waals surface area contributed by atoms with E-state index in [0.717, 1.165) is 62.7 Å². The molecule has 0 saturated heterocycles. The van der Waals surface area contributed by atoms with E-state index in [-0.39, 0.29) is 40.3 Å². The summed E-state index contributed by atoms with van der Waals surface area (Å²) in [5, 5.41) is 12.5. The van der Waals surface area contributed by atoms with E-state index >= 15 is 0 Å². The topological polar surface area (TPSA) is 129 Å². The summed E-state index contributed by atoms with van der Waals surface area (Å²) in [4.78, 5) is 31.0. The first-order chi connectivity index (χ1) is 15.7. The first kappa shape index (κ1) is 24.4. The number of amides is 2. The van der Waals surface area contributed by atoms with Crippen molar-refractivity contribution in [3.63, 3.8) is 0 Å². The van der Waals surface area contributed by atoms with Crippen molar-refractivity contribution in [2.45, 2.75) is 106 Å². The highest BCUT2D eigenvalue weighted by Gasteiger charge is 2.48. The molecule has 1 aromatic rings. The highest BCUT2D eigenvalue weighted by atomic mass is 32.2. The predicted octanol–water partition coefficient (Wildman–Crippen LogP) is 4.17. The van der Waals surface area contributed by atoms with Crippen LogP contribution in [0, 0.1) is 5.92 Å². The van der Waals surface area contributed by atoms with Crippen molar-refractivity contribution in [1.82, 2.24) is 14.6 Å². The van der Waals surface area contributed by atoms with Crippen molar-refractivity contribution >= 4 is 38.5 Å². The van der Waals surface area contributed by atoms with Crippen LogP contribution < -0.4 is 10.0 Å². The van der Waals surface area contributed by atoms with E-state index in [1.54, 1.807) is 0 Å². The molecular weight excluding hydrogens is 464 g/mol. The molecule has 0 unspecified atom stereocenters. The fourth-order valence-electron chi connectivity index (χ4n) is 5.30. The van der Waals surface area contributed by atoms with Gasteiger partial charge in [0.1, 0.15) is 5.54 Å². The Morgan fingerprint density at radius 3 is 2.27 bits per heavy atom. The van der Waals surface area contributed by atoms with Crippen LogP contribution in [-0.4, -0.2) is 53.0 Å². The molecule has 2 amide bonds. The monoisotopic (exact) mass is 498 g/mol. The van der Waals surface area contributed by atoms with Crippen LogP contribution >= 0.6 is 11.3 Å². The molecule has 0 aliphatic heterocycles. The highest BCUT2D eigenvalue weighted by molar-refractivity contribution is 7.91. The lowest BCUT2D eigenvalue weighted by molar-refractivity contribution is -0.147. The second kappa shape index (κ2) is 9.87. The number of carboxylic acids is 1. The Hall–Kier alpha value is -1.72. The van der Waals surface area contributed by atoms with Crippen LogP contribution in [0.25, 0.3) is 0 Å². The lowest BCUT2D eigenvalue weighted by Crippen LogP contribution is -2.58. The summed E-state index contributed by atoms with van der Waals surface area (Å²) in [7, 11) is -4.05. The Balaban J connectivity index is 1.47. The Bertz CT molecular complexity index is 961. The van der Waals surface area contributed by atoms with E-state index in [2.05, 4.69) is 21.9 Å². The second-order valence-corrected chi connectivity index (χ2v) is 12.8. The van der Waals surface area contributed by atoms with Gasteiger partial charge in [-0.2, -0.15) is 4.72 Å². The lowest BCUT2D eigenvalue weighted by Gasteiger charge is -2.42. The molecule has 3 fully saturated rings. The van der Waals surface area contributed by atoms with Gasteiger partial charge in [0.15, 0.2) is 9.34 Å². The quantitative estimate of drug-likeness (QED) is 0.517. The molecule has 0 bridgehead atoms. The van der Waals surface area contributed by atoms with Gasteiger partial charge in [-0.25, -0.2) is 18.2 Å². The minimum absolute atomic E-state index is 0.0963. The SMILES string of the molecule is C[C@H]1CC[C@H](N(C(=O)Nc2ncc(S(=O)(=O)NC3(C(=O)O)CCC3)s2)C2CCCCC2)CC1. The van der Waals surface area contributed by atoms with Crippen LogP contribution in [0.1, 0.15) is 84.0 Å². The molecule has 184 valence electrons. The summed E-state index contributed by atoms with van der Waals surface area (Å²) in [5.74, 6) is -0.484. The molecule has 3 aliphatic carbocycles. The van der Waals surface area contributed by atoms with Crippen molar-refractivity contribution < 1.29 is 23.1 Å². The molecule has 3 aliphatic rings. The number of nitrogens with one attached hydrogen (secondary N) is 2. The lowest BCUT2D eigenvalue weighted by atomic mass is 9.78. The van der Waals surface area contributed by atoms with E-state index < -0.39 is 21.5 Å². The van der Waals surface area contributed by atoms with Crippen LogP contribution in [0.3, 0.4) is 0 Å². The van der Waals surface area contributed by atoms with Crippen LogP contribution in [-0.2, 0) is 14.8 Å². The van der Waals surface area contributed by atoms with Crippen molar-refractivity contribution in [3.05, 3.63) is 6.20 Å². The van der Waals surface area contributed by atoms with E-state index in [4.69, 9.17) is 0 Å². The number of rotatable bonds is 7. The maximum Gasteiger partial charge on any atom is 0.324 e. The van der Waals surface area contributed by atoms with Crippen molar-refractivity contribution in [1.29, 1.82) is 0 Å². The fraction of sp³-hybridized carbons (Fsp3) is 0.773. The third kappa shape index (κ3) is 5.35. The standard InChI is InChI=1S/C22H34N4O5S2/c1-15-8-10-17(11-9-15)26(16-6-3-2-4-7-16)21(29)24-20-23-14-18(32-20)33(30,31)25-22(19(27)28)12-5-13-22/h14-17,25H,2-13H2,1H3,(H,27,28)(H,23,24,29)/t15-,17-. The number of carbonyl (C=O) groups is 2. The molecule has 9 nitrogen and oxygen atoms in total. The Kier molecular flexibility index (Phi) is 7.30. The van der Waals surface area contributed by atoms with Crippen LogP contribution in [0.4, 0.5) is 9.93 Å². The average Bonchev–Trinajstić information content (AvgIpc) is 3.22. The average molecular weight is 499 g/mol. The van der Waals surface area contributed by atoms with Gasteiger partial charge in [0.2, 0.25) is 0 Å². The Labute approximate surface area is 199 Å². The number of anilines is 1. The van der Waals surface area contributed by atoms with E-state index in [0.29, 0.717) is 12.3 Å². The first-order valence-electron chi connectivity index (χ1n) is 12.0. The highest BCUT2D eigenvalue weighted by Crippen LogP contribution is 2.36. The summed E-state index contributed by atoms with van der Waals surface area (Å²) >= 11 is 0.853. The number of aromatic nitrogens is 1. The summed E-state index contributed by atoms with van der Waals surface area (Å²) in [6.45, 7) is 2.25. The van der Waals surface area contributed by atoms with E-state index in [9.17, 15) is 23.1 Å². The summed E-state index contributed by atoms with van der Waals surface area (Å²) in [5.41, 5.74) is -1.44. The number of sulfonamides is 1. The molecule has 0 aromatic carbocycles. The largest absolute Gasteiger partial charge is 0.480 e. The Morgan fingerprint density at radius 2 is 1.70 bits per heavy atom. The van der Waals surface area contributed by atoms with Gasteiger partial charge in [0.25, 0.3) is 10.0 Å². The van der Waals surface area contributed by atoms with Gasteiger partial charge < -0.3 is 10.0 Å². The number of thiazole rings is 1. The summed E-state index contributed by atoms with van der Waals surface area (Å²) < 4.78 is 27.8. The molecule has 0 atom stereocenters. The zero-order chi connectivity index (χ0) is 23.6. The zero-order valence-electron chi connectivity index (χ0n) is 19.1. The minimum Gasteiger partial charge on any atom is -0.480 e. The molecule has 0 spiro atoms. The number of hydrogen-bond donors (Lipinski definition) is 3. The maximum atomic E-state index is 13.4. The second-order valence-electron chi connectivity index (χ2n) is 9.87. The molecule has 0 radical (unpaired) electrons. The van der Waals surface area contributed by atoms with Gasteiger partial charge in [-0.1, -0.05) is 37.5 Å². The first-order valence-corrected chi connectivity index (χ1v) is 14.3. The number of nitrogens with zero attached hydrogens (tertiary/aromatic N) is 2. The number of urea groups is 1. The van der Waals surface area contributed by atoms with E-state index in [1.165, 1.54) is 12.6 Å². The molecule has 33 heavy (non-hydrogen) atoms. The summed E-state index contributed by atoms with van der Waals surface area (Å²) in [6, 6.07) is 0.188. The molecule has 3 saturated carbocycles. The Morgan fingerprint density at radius 1 is 1.06 bits per heavy atom. The molecular formula is C22H34N4O5S2. The van der Waals surface area contributed by atoms with E-state index in [1.807, 2.05) is 4.90 Å². The molecule has 3 N–H and O–H groups in total. The molecule has 4 rings (SSSR count). The van der Waals surface area contributed by atoms with Gasteiger partial charge >= 0.3 is 12.0 Å². The van der Waals surface area contributed by atoms with Gasteiger partial charge in [-0.15, -0.1) is 0 Å². The van der Waals surface area contributed by atoms with Gasteiger partial charge in [-0.05, 0) is 63.7 Å². The van der Waals surface area contributed by atoms with Crippen LogP contribution in [0.15, 0.2) is 10.4 Å². The smallest absolute Gasteiger partial charge is 0.324 e. The van der Waals surface area contributed by atoms with Gasteiger partial charge in [-0.3, -0.25) is 10.1 Å². The third-order valence-electron chi connectivity index (χ3n) is 7.49. The number of carboxylic acid groups (broad SMARTS) is 1. The summed E-state index contributed by atoms with van der Waals surface area (Å²) in [6.07, 6.45) is 12.0. The van der Waals surface area contributed by atoms with Gasteiger partial charge in [0.05, 0.1) is 6.20 Å². The molecule has 1 heterocycles. The zero-order valence-corrected chi connectivity index (χ0v) is 20.7.